The number of aromatic hydroxyl groups is 1. The lowest BCUT2D eigenvalue weighted by Crippen LogP contribution is -2.12. The third-order valence-electron chi connectivity index (χ3n) is 2.55. The summed E-state index contributed by atoms with van der Waals surface area (Å²) in [6, 6.07) is 6.15. The molecular formula is C12H13ClFNOS. The van der Waals surface area contributed by atoms with Gasteiger partial charge in [0.05, 0.1) is 6.04 Å². The lowest BCUT2D eigenvalue weighted by Gasteiger charge is -2.15. The highest BCUT2D eigenvalue weighted by molar-refractivity contribution is 7.10. The van der Waals surface area contributed by atoms with Gasteiger partial charge < -0.3 is 10.8 Å². The maximum Gasteiger partial charge on any atom is 0.165 e. The molecule has 0 spiro atoms. The summed E-state index contributed by atoms with van der Waals surface area (Å²) in [4.78, 5) is 0.906. The van der Waals surface area contributed by atoms with Crippen molar-refractivity contribution in [3.8, 4) is 5.75 Å². The Morgan fingerprint density at radius 1 is 1.35 bits per heavy atom. The van der Waals surface area contributed by atoms with E-state index in [-0.39, 0.29) is 18.2 Å². The Bertz CT molecular complexity index is 501. The second kappa shape index (κ2) is 5.49. The van der Waals surface area contributed by atoms with Crippen molar-refractivity contribution < 1.29 is 9.50 Å². The first kappa shape index (κ1) is 14.0. The van der Waals surface area contributed by atoms with Gasteiger partial charge in [0, 0.05) is 10.4 Å². The van der Waals surface area contributed by atoms with Gasteiger partial charge in [0.2, 0.25) is 0 Å². The molecule has 92 valence electrons. The van der Waals surface area contributed by atoms with E-state index in [2.05, 4.69) is 0 Å². The first-order valence-electron chi connectivity index (χ1n) is 4.88. The summed E-state index contributed by atoms with van der Waals surface area (Å²) in [5.74, 6) is -0.978. The summed E-state index contributed by atoms with van der Waals surface area (Å²) in [5.41, 5.74) is 7.27. The van der Waals surface area contributed by atoms with Crippen LogP contribution in [-0.4, -0.2) is 5.11 Å². The van der Waals surface area contributed by atoms with Gasteiger partial charge in [-0.1, -0.05) is 12.1 Å². The summed E-state index contributed by atoms with van der Waals surface area (Å²) in [6.07, 6.45) is 0. The first-order valence-corrected chi connectivity index (χ1v) is 5.76. The molecule has 0 radical (unpaired) electrons. The average molecular weight is 274 g/mol. The van der Waals surface area contributed by atoms with Crippen molar-refractivity contribution >= 4 is 23.7 Å². The highest BCUT2D eigenvalue weighted by atomic mass is 35.5. The average Bonchev–Trinajstić information content (AvgIpc) is 2.77. The number of phenolic OH excluding ortho intramolecular Hbond substituents is 1. The van der Waals surface area contributed by atoms with E-state index < -0.39 is 11.9 Å². The summed E-state index contributed by atoms with van der Waals surface area (Å²) in [7, 11) is 0. The fourth-order valence-corrected chi connectivity index (χ4v) is 2.42. The largest absolute Gasteiger partial charge is 0.505 e. The van der Waals surface area contributed by atoms with Crippen LogP contribution in [0.2, 0.25) is 0 Å². The Kier molecular flexibility index (Phi) is 4.51. The highest BCUT2D eigenvalue weighted by Crippen LogP contribution is 2.33. The summed E-state index contributed by atoms with van der Waals surface area (Å²) in [5, 5.41) is 11.6. The maximum absolute atomic E-state index is 13.3. The van der Waals surface area contributed by atoms with Gasteiger partial charge in [0.25, 0.3) is 0 Å². The van der Waals surface area contributed by atoms with Crippen LogP contribution < -0.4 is 5.73 Å². The fourth-order valence-electron chi connectivity index (χ4n) is 1.69. The smallest absolute Gasteiger partial charge is 0.165 e. The van der Waals surface area contributed by atoms with Crippen LogP contribution in [0, 0.1) is 12.7 Å². The molecular weight excluding hydrogens is 261 g/mol. The van der Waals surface area contributed by atoms with Gasteiger partial charge in [-0.2, -0.15) is 0 Å². The minimum absolute atomic E-state index is 0. The monoisotopic (exact) mass is 273 g/mol. The van der Waals surface area contributed by atoms with Crippen LogP contribution in [-0.2, 0) is 0 Å². The molecule has 0 saturated heterocycles. The van der Waals surface area contributed by atoms with Crippen molar-refractivity contribution in [1.29, 1.82) is 0 Å². The molecule has 1 aromatic heterocycles. The van der Waals surface area contributed by atoms with Gasteiger partial charge >= 0.3 is 0 Å². The van der Waals surface area contributed by atoms with Crippen molar-refractivity contribution in [1.82, 2.24) is 0 Å². The van der Waals surface area contributed by atoms with Gasteiger partial charge in [-0.3, -0.25) is 0 Å². The molecule has 0 fully saturated rings. The number of rotatable bonds is 2. The normalized spacial score (nSPS) is 11.9. The Labute approximate surface area is 109 Å². The topological polar surface area (TPSA) is 46.2 Å². The molecule has 0 saturated carbocycles. The van der Waals surface area contributed by atoms with Crippen LogP contribution >= 0.6 is 23.7 Å². The standard InChI is InChI=1S/C12H12FNOS.ClH/c1-7-4-5-8(13)12(15)10(7)11(14)9-3-2-6-16-9;/h2-6,11,15H,14H2,1H3;1H/t11-;/m0./s1. The lowest BCUT2D eigenvalue weighted by molar-refractivity contribution is 0.423. The van der Waals surface area contributed by atoms with E-state index >= 15 is 0 Å². The summed E-state index contributed by atoms with van der Waals surface area (Å²) >= 11 is 1.49. The molecule has 0 aliphatic carbocycles. The number of thiophene rings is 1. The quantitative estimate of drug-likeness (QED) is 0.881. The number of benzene rings is 1. The van der Waals surface area contributed by atoms with Crippen LogP contribution in [0.1, 0.15) is 22.0 Å². The number of nitrogens with two attached hydrogens (primary N) is 1. The summed E-state index contributed by atoms with van der Waals surface area (Å²) in [6.45, 7) is 1.81. The van der Waals surface area contributed by atoms with Crippen LogP contribution in [0.15, 0.2) is 29.6 Å². The van der Waals surface area contributed by atoms with Crippen LogP contribution in [0.4, 0.5) is 4.39 Å². The Morgan fingerprint density at radius 3 is 2.65 bits per heavy atom. The number of halogens is 2. The zero-order valence-corrected chi connectivity index (χ0v) is 10.8. The number of hydrogen-bond acceptors (Lipinski definition) is 3. The van der Waals surface area contributed by atoms with Crippen LogP contribution in [0.5, 0.6) is 5.75 Å². The predicted octanol–water partition coefficient (Wildman–Crippen LogP) is 3.37. The van der Waals surface area contributed by atoms with Crippen molar-refractivity contribution in [3.05, 3.63) is 51.5 Å². The van der Waals surface area contributed by atoms with Crippen molar-refractivity contribution in [2.45, 2.75) is 13.0 Å². The predicted molar refractivity (Wildman–Crippen MR) is 70.4 cm³/mol. The Morgan fingerprint density at radius 2 is 2.06 bits per heavy atom. The molecule has 1 aromatic carbocycles. The van der Waals surface area contributed by atoms with E-state index in [1.165, 1.54) is 17.4 Å². The van der Waals surface area contributed by atoms with E-state index in [4.69, 9.17) is 5.73 Å². The highest BCUT2D eigenvalue weighted by Gasteiger charge is 2.19. The molecule has 0 bridgehead atoms. The molecule has 17 heavy (non-hydrogen) atoms. The van der Waals surface area contributed by atoms with Gasteiger partial charge in [0.1, 0.15) is 0 Å². The molecule has 1 atom stereocenters. The van der Waals surface area contributed by atoms with Crippen molar-refractivity contribution in [2.75, 3.05) is 0 Å². The first-order chi connectivity index (χ1) is 7.61. The van der Waals surface area contributed by atoms with E-state index in [1.54, 1.807) is 6.07 Å². The van der Waals surface area contributed by atoms with E-state index in [9.17, 15) is 9.50 Å². The maximum atomic E-state index is 13.3. The number of hydrogen-bond donors (Lipinski definition) is 2. The van der Waals surface area contributed by atoms with E-state index in [0.717, 1.165) is 10.4 Å². The van der Waals surface area contributed by atoms with Gasteiger partial charge in [-0.25, -0.2) is 4.39 Å². The zero-order valence-electron chi connectivity index (χ0n) is 9.18. The molecule has 0 aliphatic heterocycles. The molecule has 0 amide bonds. The molecule has 5 heteroatoms. The minimum Gasteiger partial charge on any atom is -0.505 e. The van der Waals surface area contributed by atoms with Crippen molar-refractivity contribution in [3.63, 3.8) is 0 Å². The third-order valence-corrected chi connectivity index (χ3v) is 3.50. The molecule has 0 aliphatic rings. The fraction of sp³-hybridized carbons (Fsp3) is 0.167. The second-order valence-corrected chi connectivity index (χ2v) is 4.60. The SMILES string of the molecule is Cc1ccc(F)c(O)c1[C@@H](N)c1cccs1.Cl. The molecule has 2 aromatic rings. The Balaban J connectivity index is 0.00000144. The molecule has 0 unspecified atom stereocenters. The second-order valence-electron chi connectivity index (χ2n) is 3.62. The summed E-state index contributed by atoms with van der Waals surface area (Å²) < 4.78 is 13.3. The number of phenols is 1. The number of aryl methyl sites for hydroxylation is 1. The van der Waals surface area contributed by atoms with Gasteiger partial charge in [-0.05, 0) is 30.0 Å². The molecule has 2 nitrogen and oxygen atoms in total. The molecule has 1 heterocycles. The van der Waals surface area contributed by atoms with E-state index in [0.29, 0.717) is 5.56 Å². The van der Waals surface area contributed by atoms with E-state index in [1.807, 2.05) is 24.4 Å². The van der Waals surface area contributed by atoms with Gasteiger partial charge in [0.15, 0.2) is 11.6 Å². The van der Waals surface area contributed by atoms with Crippen molar-refractivity contribution in [2.24, 2.45) is 5.73 Å². The third kappa shape index (κ3) is 2.60. The van der Waals surface area contributed by atoms with Crippen LogP contribution in [0.25, 0.3) is 0 Å². The molecule has 2 rings (SSSR count). The van der Waals surface area contributed by atoms with Gasteiger partial charge in [-0.15, -0.1) is 23.7 Å². The Hall–Kier alpha value is -1.10. The molecule has 3 N–H and O–H groups in total. The van der Waals surface area contributed by atoms with Crippen LogP contribution in [0.3, 0.4) is 0 Å². The minimum atomic E-state index is -0.632. The lowest BCUT2D eigenvalue weighted by atomic mass is 9.99. The zero-order chi connectivity index (χ0) is 11.7.